The van der Waals surface area contributed by atoms with Gasteiger partial charge in [0, 0.05) is 31.2 Å². The Morgan fingerprint density at radius 3 is 2.83 bits per heavy atom. The molecule has 1 rings (SSSR count). The maximum Gasteiger partial charge on any atom is 0.0947 e. The van der Waals surface area contributed by atoms with E-state index in [0.717, 1.165) is 25.3 Å². The average molecular weight is 170 g/mol. The third-order valence-electron chi connectivity index (χ3n) is 2.17. The molecular formula is C9H15FN2. The second-order valence-electron chi connectivity index (χ2n) is 3.15. The van der Waals surface area contributed by atoms with E-state index in [0.29, 0.717) is 0 Å². The van der Waals surface area contributed by atoms with Crippen LogP contribution < -0.4 is 0 Å². The van der Waals surface area contributed by atoms with Crippen LogP contribution in [0.25, 0.3) is 0 Å². The zero-order valence-electron chi connectivity index (χ0n) is 7.46. The van der Waals surface area contributed by atoms with E-state index in [9.17, 15) is 4.39 Å². The van der Waals surface area contributed by atoms with E-state index in [1.165, 1.54) is 0 Å². The summed E-state index contributed by atoms with van der Waals surface area (Å²) in [5.41, 5.74) is 0.979. The Morgan fingerprint density at radius 1 is 1.75 bits per heavy atom. The summed E-state index contributed by atoms with van der Waals surface area (Å²) in [6.07, 6.45) is 1.94. The largest absolute Gasteiger partial charge is 0.297 e. The molecule has 0 aromatic heterocycles. The van der Waals surface area contributed by atoms with Gasteiger partial charge in [-0.3, -0.25) is 14.3 Å². The summed E-state index contributed by atoms with van der Waals surface area (Å²) in [6, 6.07) is 0. The zero-order chi connectivity index (χ0) is 8.97. The van der Waals surface area contributed by atoms with Crippen molar-refractivity contribution in [3.05, 3.63) is 11.8 Å². The molecule has 1 aliphatic rings. The van der Waals surface area contributed by atoms with Crippen molar-refractivity contribution >= 4 is 6.72 Å². The monoisotopic (exact) mass is 170 g/mol. The van der Waals surface area contributed by atoms with Crippen molar-refractivity contribution in [2.45, 2.75) is 6.92 Å². The van der Waals surface area contributed by atoms with Gasteiger partial charge in [0.1, 0.15) is 0 Å². The van der Waals surface area contributed by atoms with Gasteiger partial charge < -0.3 is 0 Å². The van der Waals surface area contributed by atoms with Gasteiger partial charge in [0.15, 0.2) is 0 Å². The highest BCUT2D eigenvalue weighted by atomic mass is 19.1. The van der Waals surface area contributed by atoms with E-state index in [2.05, 4.69) is 16.6 Å². The molecular weight excluding hydrogens is 155 g/mol. The number of nitrogens with zero attached hydrogens (tertiary/aromatic N) is 2. The summed E-state index contributed by atoms with van der Waals surface area (Å²) in [5, 5.41) is 0. The maximum atomic E-state index is 12.0. The first-order valence-electron chi connectivity index (χ1n) is 4.20. The highest BCUT2D eigenvalue weighted by molar-refractivity contribution is 5.29. The SMILES string of the molecule is C=N/C(=C\C)CN1CC(CF)C1. The van der Waals surface area contributed by atoms with E-state index >= 15 is 0 Å². The summed E-state index contributed by atoms with van der Waals surface area (Å²) < 4.78 is 12.0. The lowest BCUT2D eigenvalue weighted by molar-refractivity contribution is 0.0908. The number of hydrogen-bond acceptors (Lipinski definition) is 2. The minimum Gasteiger partial charge on any atom is -0.297 e. The molecule has 0 N–H and O–H groups in total. The Kier molecular flexibility index (Phi) is 3.41. The quantitative estimate of drug-likeness (QED) is 0.584. The van der Waals surface area contributed by atoms with Crippen LogP contribution in [0.2, 0.25) is 0 Å². The molecule has 0 aliphatic carbocycles. The lowest BCUT2D eigenvalue weighted by atomic mass is 10.0. The summed E-state index contributed by atoms with van der Waals surface area (Å²) in [6.45, 7) is 7.76. The van der Waals surface area contributed by atoms with Crippen molar-refractivity contribution in [2.24, 2.45) is 10.9 Å². The first kappa shape index (κ1) is 9.39. The zero-order valence-corrected chi connectivity index (χ0v) is 7.46. The third kappa shape index (κ3) is 2.14. The van der Waals surface area contributed by atoms with Crippen LogP contribution in [-0.4, -0.2) is 37.9 Å². The van der Waals surface area contributed by atoms with Crippen molar-refractivity contribution < 1.29 is 4.39 Å². The van der Waals surface area contributed by atoms with Crippen molar-refractivity contribution in [2.75, 3.05) is 26.3 Å². The fourth-order valence-corrected chi connectivity index (χ4v) is 1.37. The molecule has 0 amide bonds. The topological polar surface area (TPSA) is 15.6 Å². The number of likely N-dealkylation sites (tertiary alicyclic amines) is 1. The van der Waals surface area contributed by atoms with E-state index in [4.69, 9.17) is 0 Å². The number of halogens is 1. The van der Waals surface area contributed by atoms with Gasteiger partial charge >= 0.3 is 0 Å². The first-order valence-corrected chi connectivity index (χ1v) is 4.20. The minimum absolute atomic E-state index is 0.191. The standard InChI is InChI=1S/C9H15FN2/c1-3-9(11-2)7-12-5-8(4-10)6-12/h3,8H,2,4-7H2,1H3/b9-3-. The summed E-state index contributed by atoms with van der Waals surface area (Å²) >= 11 is 0. The molecule has 12 heavy (non-hydrogen) atoms. The highest BCUT2D eigenvalue weighted by Crippen LogP contribution is 2.17. The van der Waals surface area contributed by atoms with E-state index < -0.39 is 0 Å². The third-order valence-corrected chi connectivity index (χ3v) is 2.17. The second-order valence-corrected chi connectivity index (χ2v) is 3.15. The van der Waals surface area contributed by atoms with Crippen molar-refractivity contribution in [1.82, 2.24) is 4.90 Å². The van der Waals surface area contributed by atoms with Gasteiger partial charge in [-0.15, -0.1) is 0 Å². The van der Waals surface area contributed by atoms with Crippen molar-refractivity contribution in [3.63, 3.8) is 0 Å². The van der Waals surface area contributed by atoms with Gasteiger partial charge in [0.2, 0.25) is 0 Å². The van der Waals surface area contributed by atoms with Gasteiger partial charge in [0.25, 0.3) is 0 Å². The number of allylic oxidation sites excluding steroid dienone is 1. The maximum absolute atomic E-state index is 12.0. The molecule has 2 nitrogen and oxygen atoms in total. The molecule has 3 heteroatoms. The molecule has 1 fully saturated rings. The molecule has 1 aliphatic heterocycles. The normalized spacial score (nSPS) is 20.7. The Hall–Kier alpha value is -0.700. The lowest BCUT2D eigenvalue weighted by Gasteiger charge is -2.37. The van der Waals surface area contributed by atoms with Crippen LogP contribution in [0.3, 0.4) is 0 Å². The van der Waals surface area contributed by atoms with Crippen LogP contribution in [0, 0.1) is 5.92 Å². The van der Waals surface area contributed by atoms with Crippen LogP contribution in [0.1, 0.15) is 6.92 Å². The second kappa shape index (κ2) is 4.36. The molecule has 0 unspecified atom stereocenters. The molecule has 68 valence electrons. The van der Waals surface area contributed by atoms with Crippen LogP contribution >= 0.6 is 0 Å². The Labute approximate surface area is 72.8 Å². The molecule has 0 saturated carbocycles. The Morgan fingerprint density at radius 2 is 2.42 bits per heavy atom. The summed E-state index contributed by atoms with van der Waals surface area (Å²) in [4.78, 5) is 6.03. The molecule has 1 heterocycles. The van der Waals surface area contributed by atoms with E-state index in [1.54, 1.807) is 0 Å². The van der Waals surface area contributed by atoms with Crippen molar-refractivity contribution in [1.29, 1.82) is 0 Å². The lowest BCUT2D eigenvalue weighted by Crippen LogP contribution is -2.48. The average Bonchev–Trinajstić information content (AvgIpc) is 2.03. The van der Waals surface area contributed by atoms with Gasteiger partial charge in [-0.1, -0.05) is 6.08 Å². The van der Waals surface area contributed by atoms with Crippen LogP contribution in [-0.2, 0) is 0 Å². The fraction of sp³-hybridized carbons (Fsp3) is 0.667. The van der Waals surface area contributed by atoms with Gasteiger partial charge in [0.05, 0.1) is 6.67 Å². The molecule has 0 bridgehead atoms. The van der Waals surface area contributed by atoms with Crippen LogP contribution in [0.15, 0.2) is 16.8 Å². The van der Waals surface area contributed by atoms with Crippen molar-refractivity contribution in [3.8, 4) is 0 Å². The Bertz CT molecular complexity index is 183. The molecule has 0 spiro atoms. The number of rotatable bonds is 4. The summed E-state index contributed by atoms with van der Waals surface area (Å²) in [5.74, 6) is 0.257. The highest BCUT2D eigenvalue weighted by Gasteiger charge is 2.26. The molecule has 0 atom stereocenters. The van der Waals surface area contributed by atoms with Crippen LogP contribution in [0.5, 0.6) is 0 Å². The number of hydrogen-bond donors (Lipinski definition) is 0. The van der Waals surface area contributed by atoms with Gasteiger partial charge in [-0.25, -0.2) is 0 Å². The minimum atomic E-state index is -0.191. The van der Waals surface area contributed by atoms with E-state index in [-0.39, 0.29) is 12.6 Å². The van der Waals surface area contributed by atoms with Crippen LogP contribution in [0.4, 0.5) is 4.39 Å². The predicted octanol–water partition coefficient (Wildman–Crippen LogP) is 1.49. The molecule has 0 aromatic rings. The smallest absolute Gasteiger partial charge is 0.0947 e. The molecule has 1 saturated heterocycles. The number of alkyl halides is 1. The molecule has 0 radical (unpaired) electrons. The first-order chi connectivity index (χ1) is 5.80. The fourth-order valence-electron chi connectivity index (χ4n) is 1.37. The predicted molar refractivity (Wildman–Crippen MR) is 49.2 cm³/mol. The van der Waals surface area contributed by atoms with Gasteiger partial charge in [-0.2, -0.15) is 0 Å². The Balaban J connectivity index is 2.22. The van der Waals surface area contributed by atoms with E-state index in [1.807, 2.05) is 13.0 Å². The molecule has 0 aromatic carbocycles. The number of aliphatic imine (C=N–C) groups is 1. The van der Waals surface area contributed by atoms with Gasteiger partial charge in [-0.05, 0) is 13.6 Å². The summed E-state index contributed by atoms with van der Waals surface area (Å²) in [7, 11) is 0.